The summed E-state index contributed by atoms with van der Waals surface area (Å²) in [5.74, 6) is -0.349. The molecule has 1 aromatic heterocycles. The molecule has 104 valence electrons. The van der Waals surface area contributed by atoms with Gasteiger partial charge in [0.1, 0.15) is 5.03 Å². The predicted octanol–water partition coefficient (Wildman–Crippen LogP) is 3.75. The highest BCUT2D eigenvalue weighted by atomic mass is 79.9. The van der Waals surface area contributed by atoms with E-state index in [0.29, 0.717) is 17.9 Å². The maximum absolute atomic E-state index is 11.7. The summed E-state index contributed by atoms with van der Waals surface area (Å²) >= 11 is 4.74. The molecule has 0 bridgehead atoms. The molecular weight excluding hydrogens is 340 g/mol. The van der Waals surface area contributed by atoms with Crippen molar-refractivity contribution in [2.45, 2.75) is 16.8 Å². The van der Waals surface area contributed by atoms with Gasteiger partial charge in [0.2, 0.25) is 0 Å². The van der Waals surface area contributed by atoms with Crippen LogP contribution in [-0.4, -0.2) is 17.6 Å². The Morgan fingerprint density at radius 1 is 1.40 bits per heavy atom. The molecule has 2 N–H and O–H groups in total. The second-order valence-electron chi connectivity index (χ2n) is 3.89. The van der Waals surface area contributed by atoms with Crippen molar-refractivity contribution in [2.24, 2.45) is 0 Å². The molecule has 6 heteroatoms. The van der Waals surface area contributed by atoms with E-state index in [-0.39, 0.29) is 5.97 Å². The number of aromatic nitrogens is 1. The number of esters is 1. The number of hydrogen-bond acceptors (Lipinski definition) is 5. The highest BCUT2D eigenvalue weighted by Crippen LogP contribution is 2.32. The van der Waals surface area contributed by atoms with Gasteiger partial charge < -0.3 is 10.5 Å². The van der Waals surface area contributed by atoms with Crippen LogP contribution in [0.2, 0.25) is 0 Å². The fourth-order valence-electron chi connectivity index (χ4n) is 1.50. The second kappa shape index (κ2) is 6.76. The Kier molecular flexibility index (Phi) is 5.03. The Morgan fingerprint density at radius 2 is 2.20 bits per heavy atom. The number of halogens is 1. The third-order valence-corrected chi connectivity index (χ3v) is 3.93. The lowest BCUT2D eigenvalue weighted by atomic mass is 10.2. The Balaban J connectivity index is 2.24. The molecule has 0 fully saturated rings. The third kappa shape index (κ3) is 3.74. The lowest BCUT2D eigenvalue weighted by Gasteiger charge is -2.07. The zero-order valence-electron chi connectivity index (χ0n) is 10.8. The zero-order valence-corrected chi connectivity index (χ0v) is 13.2. The van der Waals surface area contributed by atoms with Crippen molar-refractivity contribution in [1.29, 1.82) is 0 Å². The summed E-state index contributed by atoms with van der Waals surface area (Å²) in [5.41, 5.74) is 7.02. The Labute approximate surface area is 129 Å². The van der Waals surface area contributed by atoms with Crippen LogP contribution in [-0.2, 0) is 4.74 Å². The highest BCUT2D eigenvalue weighted by Gasteiger charge is 2.10. The Morgan fingerprint density at radius 3 is 2.85 bits per heavy atom. The number of hydrogen-bond donors (Lipinski definition) is 1. The summed E-state index contributed by atoms with van der Waals surface area (Å²) in [7, 11) is 0. The molecular formula is C14H13BrN2O2S. The molecule has 20 heavy (non-hydrogen) atoms. The van der Waals surface area contributed by atoms with Crippen molar-refractivity contribution in [3.8, 4) is 0 Å². The van der Waals surface area contributed by atoms with Crippen LogP contribution in [0, 0.1) is 0 Å². The maximum Gasteiger partial charge on any atom is 0.338 e. The predicted molar refractivity (Wildman–Crippen MR) is 82.9 cm³/mol. The third-order valence-electron chi connectivity index (χ3n) is 2.44. The average Bonchev–Trinajstić information content (AvgIpc) is 2.44. The van der Waals surface area contributed by atoms with Crippen LogP contribution < -0.4 is 5.73 Å². The van der Waals surface area contributed by atoms with Crippen molar-refractivity contribution >= 4 is 39.3 Å². The lowest BCUT2D eigenvalue weighted by molar-refractivity contribution is 0.0526. The number of ether oxygens (including phenoxy) is 1. The van der Waals surface area contributed by atoms with Crippen LogP contribution in [0.5, 0.6) is 0 Å². The quantitative estimate of drug-likeness (QED) is 0.670. The lowest BCUT2D eigenvalue weighted by Crippen LogP contribution is -2.05. The molecule has 0 aliphatic rings. The second-order valence-corrected chi connectivity index (χ2v) is 5.87. The van der Waals surface area contributed by atoms with Crippen LogP contribution in [0.15, 0.2) is 50.9 Å². The number of pyridine rings is 1. The minimum Gasteiger partial charge on any atom is -0.462 e. The summed E-state index contributed by atoms with van der Waals surface area (Å²) in [6.07, 6.45) is 1.72. The van der Waals surface area contributed by atoms with Crippen molar-refractivity contribution in [3.05, 3.63) is 46.6 Å². The molecule has 2 rings (SSSR count). The number of nitrogens with two attached hydrogens (primary N) is 1. The summed E-state index contributed by atoms with van der Waals surface area (Å²) < 4.78 is 5.89. The SMILES string of the molecule is CCOC(=O)c1ccc(N)c(Sc2ccc(Br)cn2)c1. The summed E-state index contributed by atoms with van der Waals surface area (Å²) in [5, 5.41) is 0.806. The van der Waals surface area contributed by atoms with Gasteiger partial charge in [0.15, 0.2) is 0 Å². The van der Waals surface area contributed by atoms with E-state index < -0.39 is 0 Å². The topological polar surface area (TPSA) is 65.2 Å². The van der Waals surface area contributed by atoms with E-state index in [0.717, 1.165) is 14.4 Å². The molecule has 1 aromatic carbocycles. The molecule has 0 atom stereocenters. The van der Waals surface area contributed by atoms with Crippen molar-refractivity contribution in [2.75, 3.05) is 12.3 Å². The molecule has 0 saturated carbocycles. The maximum atomic E-state index is 11.7. The number of carbonyl (C=O) groups excluding carboxylic acids is 1. The molecule has 0 aliphatic carbocycles. The number of anilines is 1. The first-order chi connectivity index (χ1) is 9.60. The van der Waals surface area contributed by atoms with Gasteiger partial charge >= 0.3 is 5.97 Å². The standard InChI is InChI=1S/C14H13BrN2O2S/c1-2-19-14(18)9-3-5-11(16)12(7-9)20-13-6-4-10(15)8-17-13/h3-8H,2,16H2,1H3. The Bertz CT molecular complexity index is 617. The summed E-state index contributed by atoms with van der Waals surface area (Å²) in [4.78, 5) is 16.8. The molecule has 0 unspecified atom stereocenters. The van der Waals surface area contributed by atoms with Gasteiger partial charge in [-0.2, -0.15) is 0 Å². The first kappa shape index (κ1) is 14.9. The minimum absolute atomic E-state index is 0.347. The van der Waals surface area contributed by atoms with E-state index in [1.54, 1.807) is 31.3 Å². The van der Waals surface area contributed by atoms with Gasteiger partial charge in [-0.25, -0.2) is 9.78 Å². The summed E-state index contributed by atoms with van der Waals surface area (Å²) in [6, 6.07) is 8.87. The van der Waals surface area contributed by atoms with Gasteiger partial charge in [-0.15, -0.1) is 0 Å². The van der Waals surface area contributed by atoms with Gasteiger partial charge in [0.05, 0.1) is 12.2 Å². The fraction of sp³-hybridized carbons (Fsp3) is 0.143. The molecule has 0 amide bonds. The van der Waals surface area contributed by atoms with Gasteiger partial charge in [-0.05, 0) is 53.2 Å². The van der Waals surface area contributed by atoms with E-state index >= 15 is 0 Å². The smallest absolute Gasteiger partial charge is 0.338 e. The molecule has 0 spiro atoms. The molecule has 0 radical (unpaired) electrons. The zero-order chi connectivity index (χ0) is 14.5. The Hall–Kier alpha value is -1.53. The van der Waals surface area contributed by atoms with E-state index in [2.05, 4.69) is 20.9 Å². The van der Waals surface area contributed by atoms with Crippen LogP contribution in [0.3, 0.4) is 0 Å². The first-order valence-electron chi connectivity index (χ1n) is 5.96. The molecule has 1 heterocycles. The van der Waals surface area contributed by atoms with Crippen LogP contribution in [0.4, 0.5) is 5.69 Å². The molecule has 0 aliphatic heterocycles. The largest absolute Gasteiger partial charge is 0.462 e. The van der Waals surface area contributed by atoms with E-state index in [4.69, 9.17) is 10.5 Å². The van der Waals surface area contributed by atoms with Gasteiger partial charge in [0.25, 0.3) is 0 Å². The average molecular weight is 353 g/mol. The van der Waals surface area contributed by atoms with Crippen LogP contribution in [0.25, 0.3) is 0 Å². The molecule has 4 nitrogen and oxygen atoms in total. The van der Waals surface area contributed by atoms with E-state index in [1.807, 2.05) is 12.1 Å². The van der Waals surface area contributed by atoms with Gasteiger partial charge in [-0.1, -0.05) is 11.8 Å². The van der Waals surface area contributed by atoms with Crippen LogP contribution >= 0.6 is 27.7 Å². The van der Waals surface area contributed by atoms with Crippen LogP contribution in [0.1, 0.15) is 17.3 Å². The van der Waals surface area contributed by atoms with Crippen molar-refractivity contribution < 1.29 is 9.53 Å². The number of nitrogen functional groups attached to an aromatic ring is 1. The fourth-order valence-corrected chi connectivity index (χ4v) is 2.57. The minimum atomic E-state index is -0.349. The van der Waals surface area contributed by atoms with Crippen molar-refractivity contribution in [3.63, 3.8) is 0 Å². The summed E-state index contributed by atoms with van der Waals surface area (Å²) in [6.45, 7) is 2.12. The first-order valence-corrected chi connectivity index (χ1v) is 7.57. The van der Waals surface area contributed by atoms with E-state index in [1.165, 1.54) is 11.8 Å². The molecule has 0 saturated heterocycles. The highest BCUT2D eigenvalue weighted by molar-refractivity contribution is 9.10. The normalized spacial score (nSPS) is 10.3. The monoisotopic (exact) mass is 352 g/mol. The van der Waals surface area contributed by atoms with E-state index in [9.17, 15) is 4.79 Å². The molecule has 2 aromatic rings. The number of benzene rings is 1. The van der Waals surface area contributed by atoms with Gasteiger partial charge in [-0.3, -0.25) is 0 Å². The number of nitrogens with zero attached hydrogens (tertiary/aromatic N) is 1. The van der Waals surface area contributed by atoms with Gasteiger partial charge in [0, 0.05) is 21.3 Å². The van der Waals surface area contributed by atoms with Crippen molar-refractivity contribution in [1.82, 2.24) is 4.98 Å². The number of carbonyl (C=O) groups is 1. The number of rotatable bonds is 4.